The van der Waals surface area contributed by atoms with Crippen LogP contribution in [0.2, 0.25) is 0 Å². The Labute approximate surface area is 101 Å². The Balaban J connectivity index is 2.55. The van der Waals surface area contributed by atoms with Gasteiger partial charge in [-0.1, -0.05) is 19.4 Å². The van der Waals surface area contributed by atoms with E-state index in [1.54, 1.807) is 11.3 Å². The van der Waals surface area contributed by atoms with Crippen molar-refractivity contribution < 1.29 is 0 Å². The van der Waals surface area contributed by atoms with Crippen LogP contribution in [0.15, 0.2) is 17.5 Å². The molecule has 0 aromatic carbocycles. The summed E-state index contributed by atoms with van der Waals surface area (Å²) in [5.74, 6) is 0. The van der Waals surface area contributed by atoms with Crippen LogP contribution in [0.1, 0.15) is 37.6 Å². The van der Waals surface area contributed by atoms with E-state index in [4.69, 9.17) is 12.2 Å². The van der Waals surface area contributed by atoms with Crippen LogP contribution in [-0.2, 0) is 0 Å². The van der Waals surface area contributed by atoms with Gasteiger partial charge in [0.2, 0.25) is 0 Å². The minimum atomic E-state index is 0.363. The average molecular weight is 242 g/mol. The number of hydrogen-bond donors (Lipinski definition) is 2. The van der Waals surface area contributed by atoms with E-state index in [0.29, 0.717) is 6.04 Å². The molecule has 1 unspecified atom stereocenters. The van der Waals surface area contributed by atoms with Crippen LogP contribution in [0.5, 0.6) is 0 Å². The largest absolute Gasteiger partial charge is 0.363 e. The topological polar surface area (TPSA) is 24.1 Å². The molecule has 0 aliphatic carbocycles. The highest BCUT2D eigenvalue weighted by Gasteiger charge is 2.11. The first-order valence-electron chi connectivity index (χ1n) is 5.35. The maximum atomic E-state index is 5.20. The summed E-state index contributed by atoms with van der Waals surface area (Å²) in [5.41, 5.74) is 0. The Morgan fingerprint density at radius 1 is 1.53 bits per heavy atom. The zero-order valence-corrected chi connectivity index (χ0v) is 10.9. The lowest BCUT2D eigenvalue weighted by atomic mass is 10.1. The zero-order chi connectivity index (χ0) is 11.1. The molecule has 0 bridgehead atoms. The van der Waals surface area contributed by atoms with Crippen LogP contribution in [0.4, 0.5) is 0 Å². The number of rotatable bonds is 5. The van der Waals surface area contributed by atoms with Gasteiger partial charge in [-0.25, -0.2) is 0 Å². The molecule has 0 saturated heterocycles. The Kier molecular flexibility index (Phi) is 5.65. The van der Waals surface area contributed by atoms with E-state index in [2.05, 4.69) is 35.1 Å². The van der Waals surface area contributed by atoms with Crippen LogP contribution in [0.3, 0.4) is 0 Å². The molecule has 1 aromatic heterocycles. The lowest BCUT2D eigenvalue weighted by Crippen LogP contribution is -2.37. The van der Waals surface area contributed by atoms with E-state index in [1.165, 1.54) is 4.88 Å². The molecule has 1 aromatic rings. The van der Waals surface area contributed by atoms with Gasteiger partial charge in [0.15, 0.2) is 5.11 Å². The minimum Gasteiger partial charge on any atom is -0.363 e. The van der Waals surface area contributed by atoms with Crippen LogP contribution in [-0.4, -0.2) is 11.7 Å². The van der Waals surface area contributed by atoms with Crippen molar-refractivity contribution in [2.45, 2.75) is 32.7 Å². The Morgan fingerprint density at radius 2 is 2.33 bits per heavy atom. The molecule has 2 N–H and O–H groups in total. The molecule has 84 valence electrons. The Morgan fingerprint density at radius 3 is 2.87 bits per heavy atom. The number of thiocarbonyl (C=S) groups is 1. The summed E-state index contributed by atoms with van der Waals surface area (Å²) < 4.78 is 0. The summed E-state index contributed by atoms with van der Waals surface area (Å²) in [6, 6.07) is 4.61. The fourth-order valence-corrected chi connectivity index (χ4v) is 2.53. The van der Waals surface area contributed by atoms with Crippen molar-refractivity contribution in [1.29, 1.82) is 0 Å². The third kappa shape index (κ3) is 4.18. The summed E-state index contributed by atoms with van der Waals surface area (Å²) in [6.45, 7) is 5.11. The van der Waals surface area contributed by atoms with Crippen molar-refractivity contribution in [1.82, 2.24) is 10.6 Å². The summed E-state index contributed by atoms with van der Waals surface area (Å²) in [5, 5.41) is 9.33. The summed E-state index contributed by atoms with van der Waals surface area (Å²) >= 11 is 6.98. The first-order valence-corrected chi connectivity index (χ1v) is 6.64. The summed E-state index contributed by atoms with van der Waals surface area (Å²) in [6.07, 6.45) is 2.27. The first kappa shape index (κ1) is 12.5. The zero-order valence-electron chi connectivity index (χ0n) is 9.25. The van der Waals surface area contributed by atoms with E-state index in [-0.39, 0.29) is 0 Å². The van der Waals surface area contributed by atoms with Crippen molar-refractivity contribution in [2.24, 2.45) is 0 Å². The van der Waals surface area contributed by atoms with Crippen molar-refractivity contribution in [3.8, 4) is 0 Å². The molecule has 0 radical (unpaired) electrons. The molecule has 1 atom stereocenters. The molecule has 2 nitrogen and oxygen atoms in total. The maximum Gasteiger partial charge on any atom is 0.166 e. The van der Waals surface area contributed by atoms with Crippen LogP contribution in [0.25, 0.3) is 0 Å². The molecular weight excluding hydrogens is 224 g/mol. The summed E-state index contributed by atoms with van der Waals surface area (Å²) in [7, 11) is 0. The van der Waals surface area contributed by atoms with Gasteiger partial charge < -0.3 is 10.6 Å². The molecule has 4 heteroatoms. The van der Waals surface area contributed by atoms with Crippen molar-refractivity contribution in [2.75, 3.05) is 6.54 Å². The standard InChI is InChI=1S/C11H18N2S2/c1-3-6-9(10-7-5-8-15-10)13-11(14)12-4-2/h5,7-9H,3-4,6H2,1-2H3,(H2,12,13,14). The molecular formula is C11H18N2S2. The van der Waals surface area contributed by atoms with Gasteiger partial charge in [-0.05, 0) is 37.0 Å². The first-order chi connectivity index (χ1) is 7.27. The monoisotopic (exact) mass is 242 g/mol. The van der Waals surface area contributed by atoms with E-state index >= 15 is 0 Å². The molecule has 15 heavy (non-hydrogen) atoms. The molecule has 0 aliphatic heterocycles. The lowest BCUT2D eigenvalue weighted by molar-refractivity contribution is 0.585. The molecule has 0 fully saturated rings. The maximum absolute atomic E-state index is 5.20. The quantitative estimate of drug-likeness (QED) is 0.776. The van der Waals surface area contributed by atoms with Crippen molar-refractivity contribution >= 4 is 28.7 Å². The average Bonchev–Trinajstić information content (AvgIpc) is 2.70. The van der Waals surface area contributed by atoms with Gasteiger partial charge in [-0.2, -0.15) is 0 Å². The second kappa shape index (κ2) is 6.80. The van der Waals surface area contributed by atoms with Gasteiger partial charge in [0.05, 0.1) is 6.04 Å². The minimum absolute atomic E-state index is 0.363. The number of nitrogens with one attached hydrogen (secondary N) is 2. The molecule has 0 aliphatic rings. The highest BCUT2D eigenvalue weighted by atomic mass is 32.1. The van der Waals surface area contributed by atoms with E-state index in [0.717, 1.165) is 24.5 Å². The van der Waals surface area contributed by atoms with E-state index in [1.807, 2.05) is 6.92 Å². The fourth-order valence-electron chi connectivity index (χ4n) is 1.43. The van der Waals surface area contributed by atoms with E-state index in [9.17, 15) is 0 Å². The van der Waals surface area contributed by atoms with Gasteiger partial charge in [0.25, 0.3) is 0 Å². The molecule has 0 saturated carbocycles. The normalized spacial score (nSPS) is 12.1. The molecule has 1 rings (SSSR count). The molecule has 0 amide bonds. The van der Waals surface area contributed by atoms with Crippen LogP contribution >= 0.6 is 23.6 Å². The predicted octanol–water partition coefficient (Wildman–Crippen LogP) is 3.07. The second-order valence-electron chi connectivity index (χ2n) is 3.36. The number of thiophene rings is 1. The van der Waals surface area contributed by atoms with Gasteiger partial charge in [-0.15, -0.1) is 11.3 Å². The van der Waals surface area contributed by atoms with Crippen molar-refractivity contribution in [3.63, 3.8) is 0 Å². The lowest BCUT2D eigenvalue weighted by Gasteiger charge is -2.18. The third-order valence-electron chi connectivity index (χ3n) is 2.11. The van der Waals surface area contributed by atoms with Gasteiger partial charge in [-0.3, -0.25) is 0 Å². The van der Waals surface area contributed by atoms with Crippen molar-refractivity contribution in [3.05, 3.63) is 22.4 Å². The molecule has 0 spiro atoms. The SMILES string of the molecule is CCCC(NC(=S)NCC)c1cccs1. The van der Waals surface area contributed by atoms with Gasteiger partial charge >= 0.3 is 0 Å². The van der Waals surface area contributed by atoms with Gasteiger partial charge in [0, 0.05) is 11.4 Å². The third-order valence-corrected chi connectivity index (χ3v) is 3.35. The Bertz CT molecular complexity index is 283. The number of hydrogen-bond acceptors (Lipinski definition) is 2. The van der Waals surface area contributed by atoms with E-state index < -0.39 is 0 Å². The smallest absolute Gasteiger partial charge is 0.166 e. The van der Waals surface area contributed by atoms with Crippen LogP contribution < -0.4 is 10.6 Å². The summed E-state index contributed by atoms with van der Waals surface area (Å²) in [4.78, 5) is 1.36. The highest BCUT2D eigenvalue weighted by Crippen LogP contribution is 2.22. The highest BCUT2D eigenvalue weighted by molar-refractivity contribution is 7.80. The van der Waals surface area contributed by atoms with Crippen LogP contribution in [0, 0.1) is 0 Å². The molecule has 1 heterocycles. The Hall–Kier alpha value is -0.610. The second-order valence-corrected chi connectivity index (χ2v) is 4.75. The fraction of sp³-hybridized carbons (Fsp3) is 0.545. The predicted molar refractivity (Wildman–Crippen MR) is 71.4 cm³/mol. The van der Waals surface area contributed by atoms with Gasteiger partial charge in [0.1, 0.15) is 0 Å².